The zero-order valence-corrected chi connectivity index (χ0v) is 22.8. The van der Waals surface area contributed by atoms with Gasteiger partial charge in [-0.25, -0.2) is 9.97 Å². The molecule has 2 atom stereocenters. The van der Waals surface area contributed by atoms with Gasteiger partial charge < -0.3 is 19.9 Å². The molecule has 8 nitrogen and oxygen atoms in total. The van der Waals surface area contributed by atoms with Gasteiger partial charge in [0.1, 0.15) is 12.3 Å². The van der Waals surface area contributed by atoms with Crippen molar-refractivity contribution in [2.75, 3.05) is 11.9 Å². The topological polar surface area (TPSA) is 105 Å². The average molecular weight is 545 g/mol. The number of nitrogens with one attached hydrogen (secondary N) is 2. The van der Waals surface area contributed by atoms with Gasteiger partial charge in [0.2, 0.25) is 11.9 Å². The Bertz CT molecular complexity index is 1380. The third-order valence-corrected chi connectivity index (χ3v) is 8.27. The summed E-state index contributed by atoms with van der Waals surface area (Å²) in [7, 11) is -1.32. The molecule has 2 aromatic heterocycles. The third-order valence-electron chi connectivity index (χ3n) is 6.56. The molecule has 1 fully saturated rings. The maximum absolute atomic E-state index is 14.1. The maximum Gasteiger partial charge on any atom is 0.419 e. The molecular weight excluding hydrogens is 513 g/mol. The van der Waals surface area contributed by atoms with Gasteiger partial charge >= 0.3 is 6.18 Å². The lowest BCUT2D eigenvalue weighted by molar-refractivity contribution is -0.137. The number of alkyl halides is 3. The molecule has 0 aliphatic heterocycles. The van der Waals surface area contributed by atoms with E-state index in [1.165, 1.54) is 6.92 Å². The van der Waals surface area contributed by atoms with Crippen molar-refractivity contribution in [3.8, 4) is 17.3 Å². The molecule has 1 amide bonds. The average Bonchev–Trinajstić information content (AvgIpc) is 3.19. The highest BCUT2D eigenvalue weighted by Gasteiger charge is 2.37. The van der Waals surface area contributed by atoms with Gasteiger partial charge in [-0.05, 0) is 31.0 Å². The molecule has 2 heterocycles. The van der Waals surface area contributed by atoms with Crippen molar-refractivity contribution in [2.45, 2.75) is 70.4 Å². The molecular formula is C26H31F3N6O2Si. The van der Waals surface area contributed by atoms with Crippen molar-refractivity contribution < 1.29 is 22.7 Å². The highest BCUT2D eigenvalue weighted by Crippen LogP contribution is 2.40. The van der Waals surface area contributed by atoms with E-state index in [2.05, 4.69) is 46.3 Å². The standard InChI is InChI=1S/C26H31F3N6O2Si/c1-16(36)32-21-7-8-22(21)33-25-31-13-20(26(27,28)29)24(34-25)19-14-35(15-37-9-10-38(2,3)4)23-11-17(12-30)5-6-18(19)23/h5-6,11,13-14,21-22H,7-10,15H2,1-4H3,(H,32,36)(H,31,33,34)/t21?,22-/m0/s1. The van der Waals surface area contributed by atoms with Crippen LogP contribution in [-0.2, 0) is 22.4 Å². The van der Waals surface area contributed by atoms with E-state index >= 15 is 0 Å². The monoisotopic (exact) mass is 544 g/mol. The van der Waals surface area contributed by atoms with Crippen LogP contribution in [0.2, 0.25) is 25.7 Å². The van der Waals surface area contributed by atoms with Crippen molar-refractivity contribution in [3.05, 3.63) is 41.7 Å². The van der Waals surface area contributed by atoms with Crippen LogP contribution in [0.4, 0.5) is 19.1 Å². The third kappa shape index (κ3) is 6.34. The molecule has 202 valence electrons. The molecule has 0 spiro atoms. The largest absolute Gasteiger partial charge is 0.419 e. The minimum atomic E-state index is -4.68. The molecule has 1 aromatic carbocycles. The fraction of sp³-hybridized carbons (Fsp3) is 0.462. The molecule has 3 aromatic rings. The van der Waals surface area contributed by atoms with Crippen molar-refractivity contribution in [1.29, 1.82) is 5.26 Å². The van der Waals surface area contributed by atoms with Crippen molar-refractivity contribution in [1.82, 2.24) is 19.9 Å². The number of amides is 1. The molecule has 4 rings (SSSR count). The number of ether oxygens (including phenoxy) is 1. The summed E-state index contributed by atoms with van der Waals surface area (Å²) in [6.07, 6.45) is -0.816. The van der Waals surface area contributed by atoms with Crippen LogP contribution in [0.5, 0.6) is 0 Å². The minimum Gasteiger partial charge on any atom is -0.361 e. The second kappa shape index (κ2) is 10.7. The molecule has 12 heteroatoms. The lowest BCUT2D eigenvalue weighted by atomic mass is 9.86. The minimum absolute atomic E-state index is 0.0500. The number of nitrogens with zero attached hydrogens (tertiary/aromatic N) is 4. The summed E-state index contributed by atoms with van der Waals surface area (Å²) in [4.78, 5) is 19.7. The Morgan fingerprint density at radius 2 is 2.00 bits per heavy atom. The summed E-state index contributed by atoms with van der Waals surface area (Å²) in [6, 6.07) is 7.56. The number of aromatic nitrogens is 3. The van der Waals surface area contributed by atoms with Gasteiger partial charge in [-0.2, -0.15) is 18.4 Å². The number of anilines is 1. The zero-order valence-electron chi connectivity index (χ0n) is 21.8. The summed E-state index contributed by atoms with van der Waals surface area (Å²) in [6.45, 7) is 8.80. The van der Waals surface area contributed by atoms with Crippen LogP contribution in [0.15, 0.2) is 30.6 Å². The number of halogens is 3. The fourth-order valence-corrected chi connectivity index (χ4v) is 5.09. The number of hydrogen-bond acceptors (Lipinski definition) is 6. The Balaban J connectivity index is 1.73. The molecule has 1 saturated carbocycles. The predicted molar refractivity (Wildman–Crippen MR) is 141 cm³/mol. The second-order valence-electron chi connectivity index (χ2n) is 10.8. The maximum atomic E-state index is 14.1. The van der Waals surface area contributed by atoms with Gasteiger partial charge in [0.25, 0.3) is 0 Å². The van der Waals surface area contributed by atoms with E-state index < -0.39 is 19.8 Å². The summed E-state index contributed by atoms with van der Waals surface area (Å²) in [5.41, 5.74) is 0.0146. The van der Waals surface area contributed by atoms with Gasteiger partial charge in [0.15, 0.2) is 0 Å². The van der Waals surface area contributed by atoms with E-state index in [4.69, 9.17) is 4.74 Å². The smallest absolute Gasteiger partial charge is 0.361 e. The quantitative estimate of drug-likeness (QED) is 0.277. The van der Waals surface area contributed by atoms with E-state index in [0.717, 1.165) is 25.1 Å². The lowest BCUT2D eigenvalue weighted by Crippen LogP contribution is -2.53. The Kier molecular flexibility index (Phi) is 7.80. The van der Waals surface area contributed by atoms with Crippen molar-refractivity contribution >= 4 is 30.8 Å². The Morgan fingerprint density at radius 1 is 1.26 bits per heavy atom. The Labute approximate surface area is 220 Å². The lowest BCUT2D eigenvalue weighted by Gasteiger charge is -2.37. The van der Waals surface area contributed by atoms with E-state index in [1.807, 2.05) is 0 Å². The molecule has 2 N–H and O–H groups in total. The number of carbonyl (C=O) groups is 1. The first-order valence-electron chi connectivity index (χ1n) is 12.4. The Morgan fingerprint density at radius 3 is 2.61 bits per heavy atom. The first-order valence-corrected chi connectivity index (χ1v) is 16.2. The molecule has 0 bridgehead atoms. The van der Waals surface area contributed by atoms with Crippen molar-refractivity contribution in [2.24, 2.45) is 0 Å². The number of carbonyl (C=O) groups excluding carboxylic acids is 1. The SMILES string of the molecule is CC(=O)NC1CC[C@@H]1Nc1ncc(C(F)(F)F)c(-c2cn(COCC[Si](C)(C)C)c3cc(C#N)ccc23)n1. The van der Waals surface area contributed by atoms with Crippen LogP contribution in [0.25, 0.3) is 22.2 Å². The zero-order chi connectivity index (χ0) is 27.7. The van der Waals surface area contributed by atoms with Gasteiger partial charge in [0.05, 0.1) is 22.8 Å². The molecule has 1 unspecified atom stereocenters. The second-order valence-corrected chi connectivity index (χ2v) is 16.4. The number of nitriles is 1. The first kappa shape index (κ1) is 27.6. The van der Waals surface area contributed by atoms with E-state index in [1.54, 1.807) is 29.0 Å². The summed E-state index contributed by atoms with van der Waals surface area (Å²) in [5, 5.41) is 15.8. The first-order chi connectivity index (χ1) is 17.9. The van der Waals surface area contributed by atoms with Gasteiger partial charge in [-0.1, -0.05) is 25.7 Å². The fourth-order valence-electron chi connectivity index (χ4n) is 4.33. The summed E-state index contributed by atoms with van der Waals surface area (Å²) >= 11 is 0. The summed E-state index contributed by atoms with van der Waals surface area (Å²) in [5.74, 6) is -0.124. The van der Waals surface area contributed by atoms with Gasteiger partial charge in [-0.3, -0.25) is 4.79 Å². The Hall–Kier alpha value is -3.43. The number of hydrogen-bond donors (Lipinski definition) is 2. The van der Waals surface area contributed by atoms with E-state index in [9.17, 15) is 23.2 Å². The van der Waals surface area contributed by atoms with E-state index in [-0.39, 0.29) is 41.9 Å². The number of rotatable bonds is 9. The molecule has 1 aliphatic rings. The summed E-state index contributed by atoms with van der Waals surface area (Å²) < 4.78 is 49.8. The normalized spacial score (nSPS) is 17.6. The molecule has 0 saturated heterocycles. The van der Waals surface area contributed by atoms with E-state index in [0.29, 0.717) is 23.1 Å². The predicted octanol–water partition coefficient (Wildman–Crippen LogP) is 5.38. The van der Waals surface area contributed by atoms with Gasteiger partial charge in [-0.15, -0.1) is 0 Å². The molecule has 1 aliphatic carbocycles. The van der Waals surface area contributed by atoms with Crippen LogP contribution in [0.1, 0.15) is 30.9 Å². The van der Waals surface area contributed by atoms with Crippen LogP contribution >= 0.6 is 0 Å². The number of benzene rings is 1. The van der Waals surface area contributed by atoms with Crippen LogP contribution in [0, 0.1) is 11.3 Å². The van der Waals surface area contributed by atoms with Gasteiger partial charge in [0, 0.05) is 57.0 Å². The van der Waals surface area contributed by atoms with Crippen molar-refractivity contribution in [3.63, 3.8) is 0 Å². The molecule has 0 radical (unpaired) electrons. The molecule has 38 heavy (non-hydrogen) atoms. The highest BCUT2D eigenvalue weighted by atomic mass is 28.3. The van der Waals surface area contributed by atoms with Crippen LogP contribution < -0.4 is 10.6 Å². The highest BCUT2D eigenvalue weighted by molar-refractivity contribution is 6.76. The van der Waals surface area contributed by atoms with Crippen LogP contribution in [0.3, 0.4) is 0 Å². The number of fused-ring (bicyclic) bond motifs is 1. The van der Waals surface area contributed by atoms with Crippen LogP contribution in [-0.4, -0.2) is 47.2 Å².